The lowest BCUT2D eigenvalue weighted by Crippen LogP contribution is -2.29. The Hall–Kier alpha value is -0.300. The number of hydrogen-bond acceptors (Lipinski definition) is 1. The van der Waals surface area contributed by atoms with Crippen molar-refractivity contribution in [1.82, 2.24) is 5.32 Å². The molecule has 0 bridgehead atoms. The zero-order valence-corrected chi connectivity index (χ0v) is 8.07. The zero-order chi connectivity index (χ0) is 8.70. The Labute approximate surface area is 69.9 Å². The standard InChI is InChI=1S/C10H19N/c1-6-8-9(3,7-2)10(8,4)11-5/h7-8,11H,2,6H2,1,3-5H3. The van der Waals surface area contributed by atoms with E-state index in [1.165, 1.54) is 6.42 Å². The van der Waals surface area contributed by atoms with Crippen LogP contribution in [0, 0.1) is 11.3 Å². The van der Waals surface area contributed by atoms with E-state index in [9.17, 15) is 0 Å². The summed E-state index contributed by atoms with van der Waals surface area (Å²) >= 11 is 0. The monoisotopic (exact) mass is 153 g/mol. The van der Waals surface area contributed by atoms with Crippen molar-refractivity contribution in [3.63, 3.8) is 0 Å². The third-order valence-corrected chi connectivity index (χ3v) is 3.81. The van der Waals surface area contributed by atoms with Gasteiger partial charge in [-0.15, -0.1) is 6.58 Å². The Morgan fingerprint density at radius 1 is 1.55 bits per heavy atom. The summed E-state index contributed by atoms with van der Waals surface area (Å²) in [7, 11) is 2.04. The van der Waals surface area contributed by atoms with Crippen molar-refractivity contribution in [1.29, 1.82) is 0 Å². The summed E-state index contributed by atoms with van der Waals surface area (Å²) in [4.78, 5) is 0. The first-order valence-electron chi connectivity index (χ1n) is 4.39. The van der Waals surface area contributed by atoms with E-state index in [0.29, 0.717) is 11.0 Å². The molecule has 3 atom stereocenters. The van der Waals surface area contributed by atoms with E-state index in [4.69, 9.17) is 0 Å². The van der Waals surface area contributed by atoms with Gasteiger partial charge in [0.1, 0.15) is 0 Å². The van der Waals surface area contributed by atoms with Gasteiger partial charge in [-0.1, -0.05) is 26.3 Å². The molecule has 1 fully saturated rings. The molecule has 1 saturated carbocycles. The highest BCUT2D eigenvalue weighted by molar-refractivity contribution is 5.29. The second-order valence-electron chi connectivity index (χ2n) is 3.90. The van der Waals surface area contributed by atoms with Gasteiger partial charge in [-0.2, -0.15) is 0 Å². The van der Waals surface area contributed by atoms with E-state index < -0.39 is 0 Å². The summed E-state index contributed by atoms with van der Waals surface area (Å²) in [5.41, 5.74) is 0.611. The van der Waals surface area contributed by atoms with Crippen molar-refractivity contribution >= 4 is 0 Å². The van der Waals surface area contributed by atoms with Crippen molar-refractivity contribution in [3.8, 4) is 0 Å². The van der Waals surface area contributed by atoms with E-state index in [0.717, 1.165) is 5.92 Å². The van der Waals surface area contributed by atoms with Gasteiger partial charge >= 0.3 is 0 Å². The molecule has 1 aliphatic rings. The van der Waals surface area contributed by atoms with Crippen molar-refractivity contribution in [2.45, 2.75) is 32.7 Å². The fourth-order valence-electron chi connectivity index (χ4n) is 2.57. The van der Waals surface area contributed by atoms with E-state index in [1.807, 2.05) is 7.05 Å². The van der Waals surface area contributed by atoms with Crippen LogP contribution < -0.4 is 5.32 Å². The smallest absolute Gasteiger partial charge is 0.0278 e. The summed E-state index contributed by atoms with van der Waals surface area (Å²) in [6.07, 6.45) is 3.33. The molecule has 0 heterocycles. The van der Waals surface area contributed by atoms with Gasteiger partial charge in [0.2, 0.25) is 0 Å². The predicted molar refractivity (Wildman–Crippen MR) is 49.5 cm³/mol. The summed E-state index contributed by atoms with van der Waals surface area (Å²) < 4.78 is 0. The molecule has 11 heavy (non-hydrogen) atoms. The maximum absolute atomic E-state index is 3.90. The quantitative estimate of drug-likeness (QED) is 0.613. The van der Waals surface area contributed by atoms with Gasteiger partial charge in [0.05, 0.1) is 0 Å². The minimum atomic E-state index is 0.295. The second-order valence-corrected chi connectivity index (χ2v) is 3.90. The van der Waals surface area contributed by atoms with Crippen molar-refractivity contribution in [2.24, 2.45) is 11.3 Å². The molecular formula is C10H19N. The first-order valence-corrected chi connectivity index (χ1v) is 4.39. The molecule has 0 aromatic heterocycles. The fourth-order valence-corrected chi connectivity index (χ4v) is 2.57. The maximum Gasteiger partial charge on any atom is 0.0278 e. The molecular weight excluding hydrogens is 134 g/mol. The Balaban J connectivity index is 2.80. The zero-order valence-electron chi connectivity index (χ0n) is 8.07. The van der Waals surface area contributed by atoms with Crippen molar-refractivity contribution < 1.29 is 0 Å². The van der Waals surface area contributed by atoms with Gasteiger partial charge in [0.15, 0.2) is 0 Å². The Morgan fingerprint density at radius 2 is 2.09 bits per heavy atom. The van der Waals surface area contributed by atoms with Crippen molar-refractivity contribution in [3.05, 3.63) is 12.7 Å². The van der Waals surface area contributed by atoms with Crippen LogP contribution in [-0.4, -0.2) is 12.6 Å². The molecule has 0 spiro atoms. The van der Waals surface area contributed by atoms with Crippen LogP contribution in [0.5, 0.6) is 0 Å². The van der Waals surface area contributed by atoms with E-state index in [1.54, 1.807) is 0 Å². The second kappa shape index (κ2) is 2.34. The fraction of sp³-hybridized carbons (Fsp3) is 0.800. The van der Waals surface area contributed by atoms with E-state index >= 15 is 0 Å². The molecule has 0 aromatic rings. The SMILES string of the molecule is C=CC1(C)C(CC)C1(C)NC. The van der Waals surface area contributed by atoms with E-state index in [2.05, 4.69) is 38.7 Å². The van der Waals surface area contributed by atoms with Gasteiger partial charge in [-0.25, -0.2) is 0 Å². The van der Waals surface area contributed by atoms with Crippen LogP contribution in [0.25, 0.3) is 0 Å². The molecule has 1 heteroatoms. The highest BCUT2D eigenvalue weighted by Gasteiger charge is 2.67. The topological polar surface area (TPSA) is 12.0 Å². The lowest BCUT2D eigenvalue weighted by Gasteiger charge is -2.13. The van der Waals surface area contributed by atoms with Gasteiger partial charge in [-0.05, 0) is 19.9 Å². The molecule has 1 N–H and O–H groups in total. The predicted octanol–water partition coefficient (Wildman–Crippen LogP) is 2.20. The lowest BCUT2D eigenvalue weighted by molar-refractivity contribution is 0.493. The highest BCUT2D eigenvalue weighted by Crippen LogP contribution is 2.63. The van der Waals surface area contributed by atoms with Crippen LogP contribution in [0.1, 0.15) is 27.2 Å². The average molecular weight is 153 g/mol. The third kappa shape index (κ3) is 0.807. The number of nitrogens with one attached hydrogen (secondary N) is 1. The van der Waals surface area contributed by atoms with Gasteiger partial charge < -0.3 is 5.32 Å². The Kier molecular flexibility index (Phi) is 1.87. The summed E-state index contributed by atoms with van der Waals surface area (Å²) in [6, 6.07) is 0. The van der Waals surface area contributed by atoms with Gasteiger partial charge in [0, 0.05) is 11.0 Å². The van der Waals surface area contributed by atoms with Crippen LogP contribution >= 0.6 is 0 Å². The van der Waals surface area contributed by atoms with Crippen LogP contribution in [-0.2, 0) is 0 Å². The largest absolute Gasteiger partial charge is 0.313 e. The Morgan fingerprint density at radius 3 is 2.18 bits per heavy atom. The first kappa shape index (κ1) is 8.79. The Bertz CT molecular complexity index is 176. The third-order valence-electron chi connectivity index (χ3n) is 3.81. The molecule has 0 amide bonds. The van der Waals surface area contributed by atoms with Crippen LogP contribution in [0.3, 0.4) is 0 Å². The highest BCUT2D eigenvalue weighted by atomic mass is 15.1. The first-order chi connectivity index (χ1) is 5.06. The lowest BCUT2D eigenvalue weighted by atomic mass is 10.0. The summed E-state index contributed by atoms with van der Waals surface area (Å²) in [5.74, 6) is 0.762. The number of hydrogen-bond donors (Lipinski definition) is 1. The van der Waals surface area contributed by atoms with Crippen LogP contribution in [0.4, 0.5) is 0 Å². The average Bonchev–Trinajstić information content (AvgIpc) is 2.51. The minimum Gasteiger partial charge on any atom is -0.313 e. The molecule has 1 nitrogen and oxygen atoms in total. The van der Waals surface area contributed by atoms with E-state index in [-0.39, 0.29) is 0 Å². The molecule has 0 saturated heterocycles. The summed E-state index contributed by atoms with van der Waals surface area (Å²) in [6.45, 7) is 10.7. The van der Waals surface area contributed by atoms with Gasteiger partial charge in [0.25, 0.3) is 0 Å². The summed E-state index contributed by atoms with van der Waals surface area (Å²) in [5, 5.41) is 3.39. The maximum atomic E-state index is 3.90. The van der Waals surface area contributed by atoms with Crippen LogP contribution in [0.15, 0.2) is 12.7 Å². The molecule has 0 aliphatic heterocycles. The number of rotatable bonds is 3. The van der Waals surface area contributed by atoms with Crippen molar-refractivity contribution in [2.75, 3.05) is 7.05 Å². The molecule has 64 valence electrons. The normalized spacial score (nSPS) is 48.9. The van der Waals surface area contributed by atoms with Gasteiger partial charge in [-0.3, -0.25) is 0 Å². The minimum absolute atomic E-state index is 0.295. The molecule has 3 unspecified atom stereocenters. The van der Waals surface area contributed by atoms with Crippen LogP contribution in [0.2, 0.25) is 0 Å². The molecule has 1 rings (SSSR count). The molecule has 0 aromatic carbocycles. The molecule has 1 aliphatic carbocycles. The molecule has 0 radical (unpaired) electrons.